The van der Waals surface area contributed by atoms with Gasteiger partial charge in [0.05, 0.1) is 0 Å². The van der Waals surface area contributed by atoms with Crippen LogP contribution >= 0.6 is 0 Å². The molecular formula is C18H22. The Balaban J connectivity index is 2.20. The van der Waals surface area contributed by atoms with Crippen molar-refractivity contribution in [3.05, 3.63) is 47.5 Å². The zero-order valence-electron chi connectivity index (χ0n) is 11.5. The Morgan fingerprint density at radius 1 is 0.833 bits per heavy atom. The summed E-state index contributed by atoms with van der Waals surface area (Å²) >= 11 is 0. The quantitative estimate of drug-likeness (QED) is 0.626. The van der Waals surface area contributed by atoms with Gasteiger partial charge in [0.2, 0.25) is 0 Å². The molecule has 0 unspecified atom stereocenters. The lowest BCUT2D eigenvalue weighted by atomic mass is 9.69. The lowest BCUT2D eigenvalue weighted by Gasteiger charge is -2.35. The van der Waals surface area contributed by atoms with Gasteiger partial charge in [0.15, 0.2) is 0 Å². The molecule has 0 bridgehead atoms. The molecule has 1 saturated carbocycles. The fourth-order valence-electron chi connectivity index (χ4n) is 3.58. The summed E-state index contributed by atoms with van der Waals surface area (Å²) in [4.78, 5) is 0. The molecule has 1 fully saturated rings. The van der Waals surface area contributed by atoms with Crippen molar-refractivity contribution < 1.29 is 0 Å². The second-order valence-electron chi connectivity index (χ2n) is 6.10. The molecular weight excluding hydrogens is 216 g/mol. The van der Waals surface area contributed by atoms with Gasteiger partial charge in [-0.25, -0.2) is 0 Å². The van der Waals surface area contributed by atoms with E-state index in [2.05, 4.69) is 50.2 Å². The van der Waals surface area contributed by atoms with Crippen LogP contribution in [-0.4, -0.2) is 0 Å². The number of hydrogen-bond donors (Lipinski definition) is 0. The first-order valence-corrected chi connectivity index (χ1v) is 7.20. The molecule has 0 aliphatic heterocycles. The Morgan fingerprint density at radius 3 is 2.22 bits per heavy atom. The molecule has 1 aliphatic carbocycles. The minimum absolute atomic E-state index is 0.394. The number of hydrogen-bond acceptors (Lipinski definition) is 0. The van der Waals surface area contributed by atoms with Crippen LogP contribution in [0.1, 0.15) is 50.2 Å². The molecule has 0 spiro atoms. The van der Waals surface area contributed by atoms with Gasteiger partial charge < -0.3 is 0 Å². The van der Waals surface area contributed by atoms with Crippen LogP contribution in [0.25, 0.3) is 10.8 Å². The molecule has 0 atom stereocenters. The Morgan fingerprint density at radius 2 is 1.50 bits per heavy atom. The van der Waals surface area contributed by atoms with Crippen LogP contribution in [0.4, 0.5) is 0 Å². The monoisotopic (exact) mass is 238 g/mol. The van der Waals surface area contributed by atoms with Crippen molar-refractivity contribution >= 4 is 10.8 Å². The lowest BCUT2D eigenvalue weighted by Crippen LogP contribution is -2.25. The summed E-state index contributed by atoms with van der Waals surface area (Å²) in [5.41, 5.74) is 3.36. The van der Waals surface area contributed by atoms with E-state index in [0.29, 0.717) is 5.41 Å². The average molecular weight is 238 g/mol. The summed E-state index contributed by atoms with van der Waals surface area (Å²) in [6, 6.07) is 13.6. The first-order chi connectivity index (χ1) is 8.71. The molecule has 0 aromatic heterocycles. The summed E-state index contributed by atoms with van der Waals surface area (Å²) in [7, 11) is 0. The fourth-order valence-corrected chi connectivity index (χ4v) is 3.58. The van der Waals surface area contributed by atoms with E-state index in [0.717, 1.165) is 0 Å². The minimum atomic E-state index is 0.394. The van der Waals surface area contributed by atoms with Crippen LogP contribution in [0.3, 0.4) is 0 Å². The predicted octanol–water partition coefficient (Wildman–Crippen LogP) is 5.37. The third-order valence-electron chi connectivity index (χ3n) is 4.75. The van der Waals surface area contributed by atoms with E-state index >= 15 is 0 Å². The van der Waals surface area contributed by atoms with Gasteiger partial charge in [-0.05, 0) is 47.1 Å². The Labute approximate surface area is 110 Å². The Kier molecular flexibility index (Phi) is 2.89. The van der Waals surface area contributed by atoms with Gasteiger partial charge in [-0.3, -0.25) is 0 Å². The predicted molar refractivity (Wildman–Crippen MR) is 79.1 cm³/mol. The van der Waals surface area contributed by atoms with Gasteiger partial charge in [0.1, 0.15) is 0 Å². The molecule has 0 nitrogen and oxygen atoms in total. The maximum absolute atomic E-state index is 2.46. The molecule has 0 heterocycles. The van der Waals surface area contributed by atoms with Crippen molar-refractivity contribution in [1.82, 2.24) is 0 Å². The van der Waals surface area contributed by atoms with Gasteiger partial charge in [-0.15, -0.1) is 0 Å². The second-order valence-corrected chi connectivity index (χ2v) is 6.10. The number of rotatable bonds is 1. The summed E-state index contributed by atoms with van der Waals surface area (Å²) in [5, 5.41) is 2.91. The molecule has 0 N–H and O–H groups in total. The molecule has 2 aromatic rings. The molecule has 3 rings (SSSR count). The molecule has 0 saturated heterocycles. The molecule has 0 amide bonds. The van der Waals surface area contributed by atoms with Crippen LogP contribution < -0.4 is 0 Å². The van der Waals surface area contributed by atoms with E-state index in [1.807, 2.05) is 0 Å². The molecule has 94 valence electrons. The topological polar surface area (TPSA) is 0 Å². The summed E-state index contributed by atoms with van der Waals surface area (Å²) < 4.78 is 0. The van der Waals surface area contributed by atoms with Crippen molar-refractivity contribution in [2.24, 2.45) is 0 Å². The maximum Gasteiger partial charge on any atom is -0.00691 e. The average Bonchev–Trinajstić information content (AvgIpc) is 2.40. The van der Waals surface area contributed by atoms with Crippen LogP contribution in [-0.2, 0) is 5.41 Å². The molecule has 0 heteroatoms. The number of benzene rings is 2. The molecule has 18 heavy (non-hydrogen) atoms. The van der Waals surface area contributed by atoms with Gasteiger partial charge in [0, 0.05) is 0 Å². The van der Waals surface area contributed by atoms with Crippen molar-refractivity contribution in [1.29, 1.82) is 0 Å². The minimum Gasteiger partial charge on any atom is -0.0616 e. The standard InChI is InChI=1S/C18H22/c1-14-10-11-17(16-9-5-4-8-15(14)16)18(2)12-6-3-7-13-18/h4-5,8-11H,3,6-7,12-13H2,1-2H3. The number of fused-ring (bicyclic) bond motifs is 1. The van der Waals surface area contributed by atoms with Gasteiger partial charge in [-0.1, -0.05) is 62.6 Å². The largest absolute Gasteiger partial charge is 0.0616 e. The number of aryl methyl sites for hydroxylation is 1. The lowest BCUT2D eigenvalue weighted by molar-refractivity contribution is 0.322. The van der Waals surface area contributed by atoms with E-state index in [1.54, 1.807) is 5.56 Å². The molecule has 2 aromatic carbocycles. The highest BCUT2D eigenvalue weighted by Gasteiger charge is 2.30. The third-order valence-corrected chi connectivity index (χ3v) is 4.75. The van der Waals surface area contributed by atoms with E-state index in [1.165, 1.54) is 48.4 Å². The van der Waals surface area contributed by atoms with E-state index in [9.17, 15) is 0 Å². The molecule has 1 aliphatic rings. The second kappa shape index (κ2) is 4.42. The van der Waals surface area contributed by atoms with Crippen LogP contribution in [0.5, 0.6) is 0 Å². The maximum atomic E-state index is 2.46. The van der Waals surface area contributed by atoms with Gasteiger partial charge >= 0.3 is 0 Å². The highest BCUT2D eigenvalue weighted by atomic mass is 14.3. The van der Waals surface area contributed by atoms with E-state index in [4.69, 9.17) is 0 Å². The zero-order chi connectivity index (χ0) is 12.6. The summed E-state index contributed by atoms with van der Waals surface area (Å²) in [6.45, 7) is 4.68. The molecule has 0 radical (unpaired) electrons. The zero-order valence-corrected chi connectivity index (χ0v) is 11.5. The van der Waals surface area contributed by atoms with E-state index in [-0.39, 0.29) is 0 Å². The SMILES string of the molecule is Cc1ccc(C2(C)CCCCC2)c2ccccc12. The van der Waals surface area contributed by atoms with Crippen molar-refractivity contribution in [2.45, 2.75) is 51.4 Å². The third kappa shape index (κ3) is 1.84. The van der Waals surface area contributed by atoms with Crippen molar-refractivity contribution in [3.63, 3.8) is 0 Å². The van der Waals surface area contributed by atoms with Crippen LogP contribution in [0, 0.1) is 6.92 Å². The highest BCUT2D eigenvalue weighted by Crippen LogP contribution is 2.42. The van der Waals surface area contributed by atoms with Crippen molar-refractivity contribution in [2.75, 3.05) is 0 Å². The Bertz CT molecular complexity index is 559. The fraction of sp³-hybridized carbons (Fsp3) is 0.444. The first kappa shape index (κ1) is 11.8. The summed E-state index contributed by atoms with van der Waals surface area (Å²) in [5.74, 6) is 0. The van der Waals surface area contributed by atoms with Crippen LogP contribution in [0.2, 0.25) is 0 Å². The normalized spacial score (nSPS) is 19.0. The highest BCUT2D eigenvalue weighted by molar-refractivity contribution is 5.89. The van der Waals surface area contributed by atoms with Gasteiger partial charge in [-0.2, -0.15) is 0 Å². The van der Waals surface area contributed by atoms with Crippen molar-refractivity contribution in [3.8, 4) is 0 Å². The smallest absolute Gasteiger partial charge is 0.00691 e. The van der Waals surface area contributed by atoms with Crippen LogP contribution in [0.15, 0.2) is 36.4 Å². The Hall–Kier alpha value is -1.30. The summed E-state index contributed by atoms with van der Waals surface area (Å²) in [6.07, 6.45) is 6.89. The first-order valence-electron chi connectivity index (χ1n) is 7.20. The van der Waals surface area contributed by atoms with E-state index < -0.39 is 0 Å². The van der Waals surface area contributed by atoms with Gasteiger partial charge in [0.25, 0.3) is 0 Å².